The van der Waals surface area contributed by atoms with Crippen LogP contribution in [0.1, 0.15) is 38.7 Å². The second-order valence-corrected chi connectivity index (χ2v) is 5.79. The molecular formula is C20H25NO3. The lowest BCUT2D eigenvalue weighted by Crippen LogP contribution is -2.16. The summed E-state index contributed by atoms with van der Waals surface area (Å²) >= 11 is 0. The Morgan fingerprint density at radius 3 is 2.25 bits per heavy atom. The lowest BCUT2D eigenvalue weighted by atomic mass is 10.0. The van der Waals surface area contributed by atoms with Gasteiger partial charge in [-0.05, 0) is 48.7 Å². The lowest BCUT2D eigenvalue weighted by Gasteiger charge is -2.13. The first-order valence-electron chi connectivity index (χ1n) is 8.34. The van der Waals surface area contributed by atoms with Gasteiger partial charge in [0.05, 0.1) is 19.6 Å². The monoisotopic (exact) mass is 327 g/mol. The van der Waals surface area contributed by atoms with Crippen molar-refractivity contribution in [3.05, 3.63) is 54.1 Å². The summed E-state index contributed by atoms with van der Waals surface area (Å²) in [6, 6.07) is 15.3. The van der Waals surface area contributed by atoms with Gasteiger partial charge < -0.3 is 14.8 Å². The molecule has 4 heteroatoms. The number of amides is 1. The zero-order valence-electron chi connectivity index (χ0n) is 14.5. The van der Waals surface area contributed by atoms with Crippen LogP contribution in [0.15, 0.2) is 48.5 Å². The van der Waals surface area contributed by atoms with Crippen LogP contribution >= 0.6 is 0 Å². The summed E-state index contributed by atoms with van der Waals surface area (Å²) in [5, 5.41) is 2.97. The highest BCUT2D eigenvalue weighted by Crippen LogP contribution is 2.23. The molecular weight excluding hydrogens is 302 g/mol. The van der Waals surface area contributed by atoms with Crippen molar-refractivity contribution in [2.45, 2.75) is 33.1 Å². The summed E-state index contributed by atoms with van der Waals surface area (Å²) in [6.07, 6.45) is 0.305. The number of anilines is 1. The normalized spacial score (nSPS) is 10.5. The van der Waals surface area contributed by atoms with Gasteiger partial charge in [0.2, 0.25) is 5.91 Å². The Hall–Kier alpha value is -2.49. The maximum absolute atomic E-state index is 12.1. The summed E-state index contributed by atoms with van der Waals surface area (Å²) < 4.78 is 11.0. The fraction of sp³-hybridized carbons (Fsp3) is 0.350. The number of ether oxygens (including phenoxy) is 2. The minimum atomic E-state index is -0.0472. The first-order chi connectivity index (χ1) is 11.6. The van der Waals surface area contributed by atoms with Crippen molar-refractivity contribution in [2.75, 3.05) is 18.5 Å². The molecule has 0 saturated heterocycles. The van der Waals surface area contributed by atoms with Crippen LogP contribution in [0.25, 0.3) is 0 Å². The highest BCUT2D eigenvalue weighted by Gasteiger charge is 2.09. The maximum Gasteiger partial charge on any atom is 0.227 e. The number of benzene rings is 2. The molecule has 0 aliphatic rings. The van der Waals surface area contributed by atoms with Crippen molar-refractivity contribution in [1.29, 1.82) is 0 Å². The predicted octanol–water partition coefficient (Wildman–Crippen LogP) is 4.62. The van der Waals surface area contributed by atoms with E-state index in [9.17, 15) is 4.79 Å². The van der Waals surface area contributed by atoms with E-state index in [1.165, 1.54) is 0 Å². The van der Waals surface area contributed by atoms with Crippen LogP contribution in [0.5, 0.6) is 11.5 Å². The maximum atomic E-state index is 12.1. The van der Waals surface area contributed by atoms with Gasteiger partial charge in [-0.1, -0.05) is 32.0 Å². The predicted molar refractivity (Wildman–Crippen MR) is 96.9 cm³/mol. The van der Waals surface area contributed by atoms with Crippen LogP contribution in [0.3, 0.4) is 0 Å². The van der Waals surface area contributed by atoms with E-state index in [0.717, 1.165) is 22.7 Å². The van der Waals surface area contributed by atoms with Gasteiger partial charge in [-0.3, -0.25) is 4.79 Å². The molecule has 2 rings (SSSR count). The Balaban J connectivity index is 1.81. The number of para-hydroxylation sites is 1. The summed E-state index contributed by atoms with van der Waals surface area (Å²) in [6.45, 7) is 7.14. The highest BCUT2D eigenvalue weighted by molar-refractivity contribution is 5.91. The van der Waals surface area contributed by atoms with E-state index in [1.54, 1.807) is 0 Å². The van der Waals surface area contributed by atoms with Crippen molar-refractivity contribution >= 4 is 11.6 Å². The fourth-order valence-corrected chi connectivity index (χ4v) is 2.39. The number of hydrogen-bond donors (Lipinski definition) is 1. The lowest BCUT2D eigenvalue weighted by molar-refractivity contribution is -0.116. The van der Waals surface area contributed by atoms with Gasteiger partial charge in [0, 0.05) is 5.69 Å². The summed E-state index contributed by atoms with van der Waals surface area (Å²) in [5.41, 5.74) is 2.01. The average molecular weight is 327 g/mol. The van der Waals surface area contributed by atoms with Crippen molar-refractivity contribution < 1.29 is 14.3 Å². The molecule has 0 fully saturated rings. The SMILES string of the molecule is CCOc1ccc(OCCC(=O)Nc2ccccc2C(C)C)cc1. The van der Waals surface area contributed by atoms with Crippen molar-refractivity contribution in [2.24, 2.45) is 0 Å². The molecule has 0 radical (unpaired) electrons. The van der Waals surface area contributed by atoms with E-state index in [1.807, 2.05) is 55.5 Å². The minimum Gasteiger partial charge on any atom is -0.494 e. The van der Waals surface area contributed by atoms with E-state index in [4.69, 9.17) is 9.47 Å². The van der Waals surface area contributed by atoms with Gasteiger partial charge >= 0.3 is 0 Å². The molecule has 0 unspecified atom stereocenters. The standard InChI is InChI=1S/C20H25NO3/c1-4-23-16-9-11-17(12-10-16)24-14-13-20(22)21-19-8-6-5-7-18(19)15(2)3/h5-12,15H,4,13-14H2,1-3H3,(H,21,22). The van der Waals surface area contributed by atoms with Crippen molar-refractivity contribution in [1.82, 2.24) is 0 Å². The highest BCUT2D eigenvalue weighted by atomic mass is 16.5. The zero-order chi connectivity index (χ0) is 17.4. The van der Waals surface area contributed by atoms with Gasteiger partial charge in [0.15, 0.2) is 0 Å². The molecule has 2 aromatic rings. The number of hydrogen-bond acceptors (Lipinski definition) is 3. The molecule has 0 aliphatic heterocycles. The van der Waals surface area contributed by atoms with Gasteiger partial charge in [0.25, 0.3) is 0 Å². The molecule has 0 saturated carbocycles. The van der Waals surface area contributed by atoms with E-state index in [-0.39, 0.29) is 5.91 Å². The number of carbonyl (C=O) groups is 1. The third kappa shape index (κ3) is 5.30. The van der Waals surface area contributed by atoms with Crippen LogP contribution in [0, 0.1) is 0 Å². The zero-order valence-corrected chi connectivity index (χ0v) is 14.5. The van der Waals surface area contributed by atoms with Crippen molar-refractivity contribution in [3.63, 3.8) is 0 Å². The molecule has 128 valence electrons. The fourth-order valence-electron chi connectivity index (χ4n) is 2.39. The van der Waals surface area contributed by atoms with E-state index < -0.39 is 0 Å². The molecule has 1 N–H and O–H groups in total. The molecule has 1 amide bonds. The molecule has 0 atom stereocenters. The smallest absolute Gasteiger partial charge is 0.227 e. The second kappa shape index (κ2) is 8.96. The summed E-state index contributed by atoms with van der Waals surface area (Å²) in [7, 11) is 0. The molecule has 24 heavy (non-hydrogen) atoms. The second-order valence-electron chi connectivity index (χ2n) is 5.79. The largest absolute Gasteiger partial charge is 0.494 e. The topological polar surface area (TPSA) is 47.6 Å². The minimum absolute atomic E-state index is 0.0472. The van der Waals surface area contributed by atoms with E-state index in [0.29, 0.717) is 25.6 Å². The molecule has 0 heterocycles. The van der Waals surface area contributed by atoms with Gasteiger partial charge in [-0.25, -0.2) is 0 Å². The van der Waals surface area contributed by atoms with Crippen LogP contribution < -0.4 is 14.8 Å². The Morgan fingerprint density at radius 1 is 1.00 bits per heavy atom. The van der Waals surface area contributed by atoms with Crippen LogP contribution in [0.2, 0.25) is 0 Å². The van der Waals surface area contributed by atoms with E-state index >= 15 is 0 Å². The first kappa shape index (κ1) is 17.9. The van der Waals surface area contributed by atoms with Crippen LogP contribution in [-0.2, 0) is 4.79 Å². The van der Waals surface area contributed by atoms with Gasteiger partial charge in [-0.2, -0.15) is 0 Å². The van der Waals surface area contributed by atoms with Crippen molar-refractivity contribution in [3.8, 4) is 11.5 Å². The van der Waals surface area contributed by atoms with E-state index in [2.05, 4.69) is 19.2 Å². The Labute approximate surface area is 143 Å². The molecule has 0 aromatic heterocycles. The Morgan fingerprint density at radius 2 is 1.62 bits per heavy atom. The molecule has 0 aliphatic carbocycles. The summed E-state index contributed by atoms with van der Waals surface area (Å²) in [5.74, 6) is 1.86. The molecule has 2 aromatic carbocycles. The first-order valence-corrected chi connectivity index (χ1v) is 8.34. The van der Waals surface area contributed by atoms with Crippen LogP contribution in [0.4, 0.5) is 5.69 Å². The quantitative estimate of drug-likeness (QED) is 0.770. The summed E-state index contributed by atoms with van der Waals surface area (Å²) in [4.78, 5) is 12.1. The molecule has 0 spiro atoms. The third-order valence-corrected chi connectivity index (χ3v) is 3.59. The Kier molecular flexibility index (Phi) is 6.67. The van der Waals surface area contributed by atoms with Gasteiger partial charge in [0.1, 0.15) is 11.5 Å². The number of nitrogens with one attached hydrogen (secondary N) is 1. The molecule has 0 bridgehead atoms. The van der Waals surface area contributed by atoms with Crippen LogP contribution in [-0.4, -0.2) is 19.1 Å². The third-order valence-electron chi connectivity index (χ3n) is 3.59. The number of rotatable bonds is 8. The Bertz CT molecular complexity index is 650. The number of carbonyl (C=O) groups excluding carboxylic acids is 1. The average Bonchev–Trinajstić information content (AvgIpc) is 2.57. The van der Waals surface area contributed by atoms with Gasteiger partial charge in [-0.15, -0.1) is 0 Å². The molecule has 4 nitrogen and oxygen atoms in total.